The van der Waals surface area contributed by atoms with E-state index >= 15 is 0 Å². The molecular weight excluding hydrogens is 230 g/mol. The lowest BCUT2D eigenvalue weighted by Gasteiger charge is -2.14. The molecule has 19 heavy (non-hydrogen) atoms. The summed E-state index contributed by atoms with van der Waals surface area (Å²) in [5, 5.41) is 3.56. The van der Waals surface area contributed by atoms with Crippen molar-refractivity contribution in [3.8, 4) is 0 Å². The van der Waals surface area contributed by atoms with E-state index in [0.29, 0.717) is 12.0 Å². The van der Waals surface area contributed by atoms with Crippen LogP contribution in [-0.2, 0) is 6.54 Å². The van der Waals surface area contributed by atoms with E-state index in [-0.39, 0.29) is 0 Å². The van der Waals surface area contributed by atoms with Crippen LogP contribution in [0.3, 0.4) is 0 Å². The molecule has 1 atom stereocenters. The van der Waals surface area contributed by atoms with E-state index < -0.39 is 0 Å². The average molecular weight is 253 g/mol. The Morgan fingerprint density at radius 3 is 2.00 bits per heavy atom. The van der Waals surface area contributed by atoms with Gasteiger partial charge in [0.2, 0.25) is 0 Å². The Balaban J connectivity index is 1.92. The molecule has 0 aliphatic heterocycles. The number of hydrogen-bond acceptors (Lipinski definition) is 1. The summed E-state index contributed by atoms with van der Waals surface area (Å²) >= 11 is 0. The zero-order chi connectivity index (χ0) is 13.7. The van der Waals surface area contributed by atoms with Crippen molar-refractivity contribution in [3.63, 3.8) is 0 Å². The molecule has 0 saturated carbocycles. The highest BCUT2D eigenvalue weighted by molar-refractivity contribution is 5.25. The SMILES string of the molecule is CC(C)c1ccc(CN[C@H](C)c2ccccc2)cc1. The van der Waals surface area contributed by atoms with E-state index in [1.165, 1.54) is 16.7 Å². The van der Waals surface area contributed by atoms with Gasteiger partial charge < -0.3 is 5.32 Å². The van der Waals surface area contributed by atoms with Crippen molar-refractivity contribution in [2.75, 3.05) is 0 Å². The van der Waals surface area contributed by atoms with Crippen LogP contribution in [0.25, 0.3) is 0 Å². The Hall–Kier alpha value is -1.60. The van der Waals surface area contributed by atoms with Crippen LogP contribution >= 0.6 is 0 Å². The molecule has 1 nitrogen and oxygen atoms in total. The maximum Gasteiger partial charge on any atom is 0.0294 e. The van der Waals surface area contributed by atoms with Crippen LogP contribution in [0.2, 0.25) is 0 Å². The molecule has 1 heteroatoms. The smallest absolute Gasteiger partial charge is 0.0294 e. The van der Waals surface area contributed by atoms with Crippen LogP contribution in [0.15, 0.2) is 54.6 Å². The van der Waals surface area contributed by atoms with Gasteiger partial charge in [-0.3, -0.25) is 0 Å². The maximum atomic E-state index is 3.56. The third kappa shape index (κ3) is 3.93. The van der Waals surface area contributed by atoms with Gasteiger partial charge in [0.05, 0.1) is 0 Å². The molecule has 100 valence electrons. The van der Waals surface area contributed by atoms with E-state index in [9.17, 15) is 0 Å². The summed E-state index contributed by atoms with van der Waals surface area (Å²) < 4.78 is 0. The fraction of sp³-hybridized carbons (Fsp3) is 0.333. The molecule has 0 aliphatic rings. The van der Waals surface area contributed by atoms with Gasteiger partial charge in [0.15, 0.2) is 0 Å². The van der Waals surface area contributed by atoms with Crippen LogP contribution in [-0.4, -0.2) is 0 Å². The molecule has 0 unspecified atom stereocenters. The highest BCUT2D eigenvalue weighted by atomic mass is 14.9. The lowest BCUT2D eigenvalue weighted by atomic mass is 10.0. The number of benzene rings is 2. The van der Waals surface area contributed by atoms with Crippen molar-refractivity contribution in [3.05, 3.63) is 71.3 Å². The normalized spacial score (nSPS) is 12.6. The summed E-state index contributed by atoms with van der Waals surface area (Å²) in [7, 11) is 0. The molecule has 0 saturated heterocycles. The minimum Gasteiger partial charge on any atom is -0.306 e. The van der Waals surface area contributed by atoms with Gasteiger partial charge in [-0.1, -0.05) is 68.4 Å². The molecule has 0 spiro atoms. The van der Waals surface area contributed by atoms with Crippen LogP contribution in [0.1, 0.15) is 49.4 Å². The highest BCUT2D eigenvalue weighted by Crippen LogP contribution is 2.16. The third-order valence-corrected chi connectivity index (χ3v) is 3.56. The zero-order valence-corrected chi connectivity index (χ0v) is 12.1. The summed E-state index contributed by atoms with van der Waals surface area (Å²) in [5.41, 5.74) is 4.08. The molecular formula is C18H23N. The van der Waals surface area contributed by atoms with Crippen LogP contribution in [0.5, 0.6) is 0 Å². The van der Waals surface area contributed by atoms with Gasteiger partial charge in [-0.2, -0.15) is 0 Å². The topological polar surface area (TPSA) is 12.0 Å². The Kier molecular flexibility index (Phi) is 4.75. The minimum atomic E-state index is 0.381. The molecule has 2 rings (SSSR count). The van der Waals surface area contributed by atoms with E-state index in [2.05, 4.69) is 80.7 Å². The van der Waals surface area contributed by atoms with Crippen molar-refractivity contribution >= 4 is 0 Å². The lowest BCUT2D eigenvalue weighted by Crippen LogP contribution is -2.17. The first-order chi connectivity index (χ1) is 9.16. The predicted molar refractivity (Wildman–Crippen MR) is 82.2 cm³/mol. The fourth-order valence-electron chi connectivity index (χ4n) is 2.15. The van der Waals surface area contributed by atoms with Gasteiger partial charge in [-0.05, 0) is 29.5 Å². The number of hydrogen-bond donors (Lipinski definition) is 1. The zero-order valence-electron chi connectivity index (χ0n) is 12.1. The Morgan fingerprint density at radius 1 is 0.789 bits per heavy atom. The second kappa shape index (κ2) is 6.53. The summed E-state index contributed by atoms with van der Waals surface area (Å²) in [5.74, 6) is 0.602. The quantitative estimate of drug-likeness (QED) is 0.817. The Labute approximate surface area is 116 Å². The van der Waals surface area contributed by atoms with Gasteiger partial charge in [0.1, 0.15) is 0 Å². The number of nitrogens with one attached hydrogen (secondary N) is 1. The largest absolute Gasteiger partial charge is 0.306 e. The molecule has 0 bridgehead atoms. The van der Waals surface area contributed by atoms with E-state index in [0.717, 1.165) is 6.54 Å². The second-order valence-corrected chi connectivity index (χ2v) is 5.41. The lowest BCUT2D eigenvalue weighted by molar-refractivity contribution is 0.574. The van der Waals surface area contributed by atoms with Crippen molar-refractivity contribution in [2.45, 2.75) is 39.3 Å². The van der Waals surface area contributed by atoms with E-state index in [1.54, 1.807) is 0 Å². The first-order valence-corrected chi connectivity index (χ1v) is 7.04. The van der Waals surface area contributed by atoms with Crippen LogP contribution in [0.4, 0.5) is 0 Å². The van der Waals surface area contributed by atoms with Crippen molar-refractivity contribution < 1.29 is 0 Å². The molecule has 0 amide bonds. The average Bonchev–Trinajstić information content (AvgIpc) is 2.46. The minimum absolute atomic E-state index is 0.381. The molecule has 0 fully saturated rings. The molecule has 1 N–H and O–H groups in total. The summed E-state index contributed by atoms with van der Waals surface area (Å²) in [6, 6.07) is 19.9. The van der Waals surface area contributed by atoms with Gasteiger partial charge in [-0.15, -0.1) is 0 Å². The van der Waals surface area contributed by atoms with Crippen molar-refractivity contribution in [1.29, 1.82) is 0 Å². The third-order valence-electron chi connectivity index (χ3n) is 3.56. The first-order valence-electron chi connectivity index (χ1n) is 7.04. The standard InChI is InChI=1S/C18H23N/c1-14(2)17-11-9-16(10-12-17)13-19-15(3)18-7-5-4-6-8-18/h4-12,14-15,19H,13H2,1-3H3/t15-/m1/s1. The van der Waals surface area contributed by atoms with E-state index in [1.807, 2.05) is 0 Å². The first kappa shape index (κ1) is 13.8. The molecule has 0 aliphatic carbocycles. The summed E-state index contributed by atoms with van der Waals surface area (Å²) in [4.78, 5) is 0. The van der Waals surface area contributed by atoms with E-state index in [4.69, 9.17) is 0 Å². The highest BCUT2D eigenvalue weighted by Gasteiger charge is 2.04. The maximum absolute atomic E-state index is 3.56. The van der Waals surface area contributed by atoms with Crippen LogP contribution in [0, 0.1) is 0 Å². The predicted octanol–water partition coefficient (Wildman–Crippen LogP) is 4.66. The Bertz CT molecular complexity index is 485. The van der Waals surface area contributed by atoms with Crippen LogP contribution < -0.4 is 5.32 Å². The summed E-state index contributed by atoms with van der Waals surface area (Å²) in [6.07, 6.45) is 0. The Morgan fingerprint density at radius 2 is 1.42 bits per heavy atom. The van der Waals surface area contributed by atoms with Gasteiger partial charge >= 0.3 is 0 Å². The molecule has 0 aromatic heterocycles. The molecule has 2 aromatic rings. The van der Waals surface area contributed by atoms with Gasteiger partial charge in [-0.25, -0.2) is 0 Å². The molecule has 2 aromatic carbocycles. The van der Waals surface area contributed by atoms with Gasteiger partial charge in [0, 0.05) is 12.6 Å². The fourth-order valence-corrected chi connectivity index (χ4v) is 2.15. The second-order valence-electron chi connectivity index (χ2n) is 5.41. The number of rotatable bonds is 5. The van der Waals surface area contributed by atoms with Crippen molar-refractivity contribution in [1.82, 2.24) is 5.32 Å². The summed E-state index contributed by atoms with van der Waals surface area (Å²) in [6.45, 7) is 7.57. The monoisotopic (exact) mass is 253 g/mol. The van der Waals surface area contributed by atoms with Gasteiger partial charge in [0.25, 0.3) is 0 Å². The van der Waals surface area contributed by atoms with Crippen molar-refractivity contribution in [2.24, 2.45) is 0 Å². The molecule has 0 heterocycles. The molecule has 0 radical (unpaired) electrons.